The molecule has 1 heterocycles. The molecular formula is C18H18N2S. The normalized spacial score (nSPS) is 10.7. The van der Waals surface area contributed by atoms with Crippen molar-refractivity contribution in [3.63, 3.8) is 0 Å². The van der Waals surface area contributed by atoms with E-state index in [0.717, 1.165) is 18.5 Å². The van der Waals surface area contributed by atoms with Gasteiger partial charge >= 0.3 is 0 Å². The second kappa shape index (κ2) is 6.10. The molecule has 0 bridgehead atoms. The molecule has 0 saturated heterocycles. The highest BCUT2D eigenvalue weighted by Crippen LogP contribution is 2.29. The van der Waals surface area contributed by atoms with Crippen LogP contribution < -0.4 is 5.32 Å². The molecule has 106 valence electrons. The number of thiophene rings is 1. The van der Waals surface area contributed by atoms with Crippen LogP contribution in [0.3, 0.4) is 0 Å². The lowest BCUT2D eigenvalue weighted by Gasteiger charge is -2.02. The molecule has 2 N–H and O–H groups in total. The summed E-state index contributed by atoms with van der Waals surface area (Å²) in [4.78, 5) is 1.41. The van der Waals surface area contributed by atoms with Crippen molar-refractivity contribution in [1.82, 2.24) is 0 Å². The van der Waals surface area contributed by atoms with Crippen LogP contribution in [0, 0.1) is 5.41 Å². The molecule has 3 heteroatoms. The Hall–Kier alpha value is -2.13. The van der Waals surface area contributed by atoms with Gasteiger partial charge in [-0.25, -0.2) is 0 Å². The van der Waals surface area contributed by atoms with E-state index in [9.17, 15) is 0 Å². The van der Waals surface area contributed by atoms with Gasteiger partial charge in [0.25, 0.3) is 0 Å². The third kappa shape index (κ3) is 3.50. The van der Waals surface area contributed by atoms with E-state index in [-0.39, 0.29) is 0 Å². The summed E-state index contributed by atoms with van der Waals surface area (Å²) in [6.07, 6.45) is 2.16. The van der Waals surface area contributed by atoms with Crippen LogP contribution in [0.15, 0.2) is 54.6 Å². The van der Waals surface area contributed by atoms with Gasteiger partial charge in [-0.1, -0.05) is 30.3 Å². The quantitative estimate of drug-likeness (QED) is 0.510. The summed E-state index contributed by atoms with van der Waals surface area (Å²) >= 11 is 1.86. The summed E-state index contributed by atoms with van der Waals surface area (Å²) in [6.45, 7) is 1.75. The van der Waals surface area contributed by atoms with E-state index in [4.69, 9.17) is 5.41 Å². The molecule has 3 rings (SSSR count). The van der Waals surface area contributed by atoms with E-state index in [1.54, 1.807) is 6.92 Å². The largest absolute Gasteiger partial charge is 0.344 e. The highest BCUT2D eigenvalue weighted by Gasteiger charge is 2.04. The van der Waals surface area contributed by atoms with Crippen molar-refractivity contribution in [1.29, 1.82) is 5.41 Å². The van der Waals surface area contributed by atoms with Crippen LogP contribution >= 0.6 is 11.3 Å². The van der Waals surface area contributed by atoms with E-state index in [1.807, 2.05) is 17.4 Å². The number of nitrogens with one attached hydrogen (secondary N) is 2. The summed E-state index contributed by atoms with van der Waals surface area (Å²) in [5.41, 5.74) is 2.37. The number of fused-ring (bicyclic) bond motifs is 1. The second-order valence-electron chi connectivity index (χ2n) is 5.20. The fraction of sp³-hybridized carbons (Fsp3) is 0.167. The standard InChI is InChI=1S/C18H18N2S/c1-13(19)20-16-8-10-18-15(11-16)12-17(21-18)9-7-14-5-3-2-4-6-14/h2-6,8,10-12H,7,9H2,1H3,(H2,19,20). The lowest BCUT2D eigenvalue weighted by molar-refractivity contribution is 0.982. The first-order valence-corrected chi connectivity index (χ1v) is 7.91. The maximum Gasteiger partial charge on any atom is 0.0944 e. The number of rotatable bonds is 4. The Morgan fingerprint density at radius 1 is 1.05 bits per heavy atom. The molecule has 3 aromatic rings. The summed E-state index contributed by atoms with van der Waals surface area (Å²) in [5, 5.41) is 11.8. The van der Waals surface area contributed by atoms with Crippen LogP contribution in [0.25, 0.3) is 10.1 Å². The zero-order chi connectivity index (χ0) is 14.7. The summed E-state index contributed by atoms with van der Waals surface area (Å²) in [7, 11) is 0. The van der Waals surface area contributed by atoms with Crippen molar-refractivity contribution in [2.45, 2.75) is 19.8 Å². The van der Waals surface area contributed by atoms with Gasteiger partial charge in [-0.2, -0.15) is 0 Å². The van der Waals surface area contributed by atoms with Gasteiger partial charge in [0.1, 0.15) is 0 Å². The Morgan fingerprint density at radius 2 is 1.86 bits per heavy atom. The van der Waals surface area contributed by atoms with Crippen molar-refractivity contribution >= 4 is 32.9 Å². The zero-order valence-corrected chi connectivity index (χ0v) is 12.8. The summed E-state index contributed by atoms with van der Waals surface area (Å²) < 4.78 is 1.31. The van der Waals surface area contributed by atoms with Crippen LogP contribution in [0.1, 0.15) is 17.4 Å². The minimum atomic E-state index is 0.467. The molecule has 2 aromatic carbocycles. The average molecular weight is 294 g/mol. The molecular weight excluding hydrogens is 276 g/mol. The minimum Gasteiger partial charge on any atom is -0.344 e. The molecule has 0 atom stereocenters. The van der Waals surface area contributed by atoms with Gasteiger partial charge in [0.2, 0.25) is 0 Å². The molecule has 0 aliphatic rings. The Kier molecular flexibility index (Phi) is 4.02. The van der Waals surface area contributed by atoms with Crippen LogP contribution in [0.4, 0.5) is 5.69 Å². The van der Waals surface area contributed by atoms with Gasteiger partial charge in [0.15, 0.2) is 0 Å². The van der Waals surface area contributed by atoms with Crippen molar-refractivity contribution in [2.75, 3.05) is 5.32 Å². The Morgan fingerprint density at radius 3 is 2.62 bits per heavy atom. The van der Waals surface area contributed by atoms with Gasteiger partial charge in [0.05, 0.1) is 5.84 Å². The van der Waals surface area contributed by atoms with Crippen LogP contribution in [0.2, 0.25) is 0 Å². The van der Waals surface area contributed by atoms with E-state index in [1.165, 1.54) is 20.5 Å². The molecule has 0 amide bonds. The van der Waals surface area contributed by atoms with Gasteiger partial charge in [-0.3, -0.25) is 5.41 Å². The van der Waals surface area contributed by atoms with Gasteiger partial charge in [0, 0.05) is 15.3 Å². The average Bonchev–Trinajstić information content (AvgIpc) is 2.88. The minimum absolute atomic E-state index is 0.467. The van der Waals surface area contributed by atoms with Gasteiger partial charge in [-0.05, 0) is 55.0 Å². The Bertz CT molecular complexity index is 759. The van der Waals surface area contributed by atoms with E-state index < -0.39 is 0 Å². The predicted molar refractivity (Wildman–Crippen MR) is 92.7 cm³/mol. The molecule has 0 saturated carbocycles. The SMILES string of the molecule is CC(=N)Nc1ccc2sc(CCc3ccccc3)cc2c1. The number of hydrogen-bond acceptors (Lipinski definition) is 2. The van der Waals surface area contributed by atoms with E-state index in [0.29, 0.717) is 5.84 Å². The van der Waals surface area contributed by atoms with Crippen LogP contribution in [0.5, 0.6) is 0 Å². The van der Waals surface area contributed by atoms with Gasteiger partial charge < -0.3 is 5.32 Å². The van der Waals surface area contributed by atoms with Crippen LogP contribution in [-0.2, 0) is 12.8 Å². The highest BCUT2D eigenvalue weighted by atomic mass is 32.1. The van der Waals surface area contributed by atoms with E-state index >= 15 is 0 Å². The Labute approximate surface area is 129 Å². The zero-order valence-electron chi connectivity index (χ0n) is 12.0. The first-order valence-electron chi connectivity index (χ1n) is 7.09. The highest BCUT2D eigenvalue weighted by molar-refractivity contribution is 7.19. The van der Waals surface area contributed by atoms with Crippen molar-refractivity contribution in [3.05, 3.63) is 65.0 Å². The fourth-order valence-corrected chi connectivity index (χ4v) is 3.47. The summed E-state index contributed by atoms with van der Waals surface area (Å²) in [5.74, 6) is 0.467. The van der Waals surface area contributed by atoms with Crippen molar-refractivity contribution in [3.8, 4) is 0 Å². The monoisotopic (exact) mass is 294 g/mol. The number of benzene rings is 2. The maximum atomic E-state index is 7.50. The molecule has 1 aromatic heterocycles. The molecule has 0 spiro atoms. The smallest absolute Gasteiger partial charge is 0.0944 e. The third-order valence-corrected chi connectivity index (χ3v) is 4.58. The van der Waals surface area contributed by atoms with Crippen molar-refractivity contribution < 1.29 is 0 Å². The second-order valence-corrected chi connectivity index (χ2v) is 6.37. The lowest BCUT2D eigenvalue weighted by atomic mass is 10.1. The number of anilines is 1. The predicted octanol–water partition coefficient (Wildman–Crippen LogP) is 5.10. The van der Waals surface area contributed by atoms with E-state index in [2.05, 4.69) is 53.8 Å². The van der Waals surface area contributed by atoms with Gasteiger partial charge in [-0.15, -0.1) is 11.3 Å². The Balaban J connectivity index is 1.76. The maximum absolute atomic E-state index is 7.50. The lowest BCUT2D eigenvalue weighted by Crippen LogP contribution is -2.04. The first-order chi connectivity index (χ1) is 10.2. The third-order valence-electron chi connectivity index (χ3n) is 3.40. The molecule has 0 aliphatic carbocycles. The number of aryl methyl sites for hydroxylation is 2. The molecule has 0 radical (unpaired) electrons. The molecule has 0 unspecified atom stereocenters. The summed E-state index contributed by atoms with van der Waals surface area (Å²) in [6, 6.07) is 19.2. The molecule has 2 nitrogen and oxygen atoms in total. The molecule has 0 fully saturated rings. The first kappa shape index (κ1) is 13.8. The van der Waals surface area contributed by atoms with Crippen LogP contribution in [-0.4, -0.2) is 5.84 Å². The number of amidine groups is 1. The van der Waals surface area contributed by atoms with Crippen molar-refractivity contribution in [2.24, 2.45) is 0 Å². The molecule has 0 aliphatic heterocycles. The molecule has 21 heavy (non-hydrogen) atoms. The topological polar surface area (TPSA) is 35.9 Å². The number of hydrogen-bond donors (Lipinski definition) is 2. The fourth-order valence-electron chi connectivity index (χ4n) is 2.43.